The van der Waals surface area contributed by atoms with Gasteiger partial charge in [0, 0.05) is 10.6 Å². The van der Waals surface area contributed by atoms with Crippen LogP contribution in [0.5, 0.6) is 5.75 Å². The molecule has 0 saturated carbocycles. The summed E-state index contributed by atoms with van der Waals surface area (Å²) in [6.07, 6.45) is 1.09. The number of thioether (sulfide) groups is 1. The summed E-state index contributed by atoms with van der Waals surface area (Å²) in [7, 11) is 0. The molecule has 0 aliphatic heterocycles. The minimum Gasteiger partial charge on any atom is -0.489 e. The maximum absolute atomic E-state index is 9.87. The topological polar surface area (TPSA) is 68.6 Å². The number of anilines is 1. The molecule has 2 aromatic rings. The van der Waals surface area contributed by atoms with Crippen LogP contribution in [-0.4, -0.2) is 23.6 Å². The lowest BCUT2D eigenvalue weighted by atomic mass is 10.3. The summed E-state index contributed by atoms with van der Waals surface area (Å²) < 4.78 is 10.7. The van der Waals surface area contributed by atoms with E-state index in [0.717, 1.165) is 10.7 Å². The van der Waals surface area contributed by atoms with Crippen molar-refractivity contribution in [1.82, 2.24) is 0 Å². The molecule has 1 unspecified atom stereocenters. The lowest BCUT2D eigenvalue weighted by molar-refractivity contribution is 0.127. The largest absolute Gasteiger partial charge is 0.489 e. The molecule has 0 aliphatic rings. The summed E-state index contributed by atoms with van der Waals surface area (Å²) in [5, 5.41) is 9.87. The minimum absolute atomic E-state index is 0.220. The van der Waals surface area contributed by atoms with Gasteiger partial charge in [-0.2, -0.15) is 0 Å². The van der Waals surface area contributed by atoms with Crippen molar-refractivity contribution >= 4 is 17.4 Å². The Labute approximate surface area is 116 Å². The Bertz CT molecular complexity index is 527. The molecule has 19 heavy (non-hydrogen) atoms. The first-order valence-electron chi connectivity index (χ1n) is 5.99. The smallest absolute Gasteiger partial charge is 0.142 e. The number of nitrogens with two attached hydrogens (primary N) is 1. The molecule has 0 radical (unpaired) electrons. The van der Waals surface area contributed by atoms with E-state index in [4.69, 9.17) is 14.9 Å². The molecule has 0 saturated heterocycles. The number of hydrogen-bond donors (Lipinski definition) is 2. The van der Waals surface area contributed by atoms with Crippen LogP contribution >= 0.6 is 11.8 Å². The standard InChI is InChI=1S/C14H17NO3S/c1-10-14(6-7-17-10)19-9-11(16)8-18-13-5-3-2-4-12(13)15/h2-7,11,16H,8-9,15H2,1H3. The Morgan fingerprint density at radius 3 is 2.84 bits per heavy atom. The van der Waals surface area contributed by atoms with Crippen LogP contribution in [0.2, 0.25) is 0 Å². The van der Waals surface area contributed by atoms with Crippen molar-refractivity contribution in [3.8, 4) is 5.75 Å². The number of furan rings is 1. The van der Waals surface area contributed by atoms with Crippen molar-refractivity contribution in [2.75, 3.05) is 18.1 Å². The van der Waals surface area contributed by atoms with Gasteiger partial charge in [0.1, 0.15) is 18.1 Å². The SMILES string of the molecule is Cc1occc1SCC(O)COc1ccccc1N. The van der Waals surface area contributed by atoms with Crippen LogP contribution in [0.1, 0.15) is 5.76 Å². The van der Waals surface area contributed by atoms with Gasteiger partial charge in [0.25, 0.3) is 0 Å². The fourth-order valence-electron chi connectivity index (χ4n) is 1.56. The van der Waals surface area contributed by atoms with E-state index >= 15 is 0 Å². The molecule has 0 aliphatic carbocycles. The number of rotatable bonds is 6. The van der Waals surface area contributed by atoms with Crippen LogP contribution in [0.15, 0.2) is 45.9 Å². The second-order valence-corrected chi connectivity index (χ2v) is 5.22. The zero-order valence-corrected chi connectivity index (χ0v) is 11.5. The Kier molecular flexibility index (Phi) is 4.76. The zero-order valence-electron chi connectivity index (χ0n) is 10.7. The molecule has 0 spiro atoms. The highest BCUT2D eigenvalue weighted by Crippen LogP contribution is 2.24. The van der Waals surface area contributed by atoms with Crippen LogP contribution in [0.25, 0.3) is 0 Å². The highest BCUT2D eigenvalue weighted by molar-refractivity contribution is 7.99. The summed E-state index contributed by atoms with van der Waals surface area (Å²) in [5.41, 5.74) is 6.33. The molecule has 0 bridgehead atoms. The number of aliphatic hydroxyl groups is 1. The predicted molar refractivity (Wildman–Crippen MR) is 76.5 cm³/mol. The van der Waals surface area contributed by atoms with Crippen molar-refractivity contribution in [2.45, 2.75) is 17.9 Å². The molecule has 2 rings (SSSR count). The normalized spacial score (nSPS) is 12.3. The average Bonchev–Trinajstić information content (AvgIpc) is 2.81. The Hall–Kier alpha value is -1.59. The fraction of sp³-hybridized carbons (Fsp3) is 0.286. The number of ether oxygens (including phenoxy) is 1. The van der Waals surface area contributed by atoms with Crippen LogP contribution < -0.4 is 10.5 Å². The fourth-order valence-corrected chi connectivity index (χ4v) is 2.43. The molecule has 3 N–H and O–H groups in total. The van der Waals surface area contributed by atoms with Gasteiger partial charge < -0.3 is 20.0 Å². The van der Waals surface area contributed by atoms with E-state index in [1.165, 1.54) is 0 Å². The van der Waals surface area contributed by atoms with Crippen LogP contribution in [0, 0.1) is 6.92 Å². The van der Waals surface area contributed by atoms with E-state index in [1.807, 2.05) is 25.1 Å². The number of aryl methyl sites for hydroxylation is 1. The number of hydrogen-bond acceptors (Lipinski definition) is 5. The molecular weight excluding hydrogens is 262 g/mol. The van der Waals surface area contributed by atoms with Crippen molar-refractivity contribution in [2.24, 2.45) is 0 Å². The number of aliphatic hydroxyl groups excluding tert-OH is 1. The van der Waals surface area contributed by atoms with Gasteiger partial charge in [0.15, 0.2) is 0 Å². The second-order valence-electron chi connectivity index (χ2n) is 4.15. The van der Waals surface area contributed by atoms with Crippen LogP contribution in [0.4, 0.5) is 5.69 Å². The summed E-state index contributed by atoms with van der Waals surface area (Å²) in [5.74, 6) is 2.02. The molecule has 1 aromatic carbocycles. The molecule has 1 heterocycles. The third-order valence-electron chi connectivity index (χ3n) is 2.59. The first kappa shape index (κ1) is 13.8. The summed E-state index contributed by atoms with van der Waals surface area (Å²) in [6, 6.07) is 9.14. The summed E-state index contributed by atoms with van der Waals surface area (Å²) in [4.78, 5) is 1.04. The second kappa shape index (κ2) is 6.54. The maximum atomic E-state index is 9.87. The Balaban J connectivity index is 1.77. The summed E-state index contributed by atoms with van der Waals surface area (Å²) >= 11 is 1.55. The molecule has 102 valence electrons. The van der Waals surface area contributed by atoms with Gasteiger partial charge in [-0.15, -0.1) is 11.8 Å². The van der Waals surface area contributed by atoms with Gasteiger partial charge in [0.2, 0.25) is 0 Å². The Morgan fingerprint density at radius 1 is 1.37 bits per heavy atom. The number of para-hydroxylation sites is 2. The van der Waals surface area contributed by atoms with E-state index in [2.05, 4.69) is 0 Å². The highest BCUT2D eigenvalue weighted by atomic mass is 32.2. The van der Waals surface area contributed by atoms with Gasteiger partial charge in [-0.05, 0) is 25.1 Å². The van der Waals surface area contributed by atoms with Crippen LogP contribution in [-0.2, 0) is 0 Å². The third-order valence-corrected chi connectivity index (χ3v) is 3.88. The zero-order chi connectivity index (χ0) is 13.7. The van der Waals surface area contributed by atoms with Crippen molar-refractivity contribution < 1.29 is 14.3 Å². The van der Waals surface area contributed by atoms with Crippen molar-refractivity contribution in [1.29, 1.82) is 0 Å². The quantitative estimate of drug-likeness (QED) is 0.628. The molecule has 4 nitrogen and oxygen atoms in total. The first-order chi connectivity index (χ1) is 9.16. The number of benzene rings is 1. The van der Waals surface area contributed by atoms with E-state index in [9.17, 15) is 5.11 Å². The molecule has 5 heteroatoms. The van der Waals surface area contributed by atoms with Crippen LogP contribution in [0.3, 0.4) is 0 Å². The molecule has 1 atom stereocenters. The highest BCUT2D eigenvalue weighted by Gasteiger charge is 2.09. The molecular formula is C14H17NO3S. The van der Waals surface area contributed by atoms with Gasteiger partial charge in [0.05, 0.1) is 18.1 Å². The molecule has 1 aromatic heterocycles. The monoisotopic (exact) mass is 279 g/mol. The minimum atomic E-state index is -0.557. The van der Waals surface area contributed by atoms with E-state index in [0.29, 0.717) is 17.2 Å². The average molecular weight is 279 g/mol. The maximum Gasteiger partial charge on any atom is 0.142 e. The molecule has 0 fully saturated rings. The predicted octanol–water partition coefficient (Wildman–Crippen LogP) is 2.70. The van der Waals surface area contributed by atoms with Crippen molar-refractivity contribution in [3.63, 3.8) is 0 Å². The molecule has 0 amide bonds. The van der Waals surface area contributed by atoms with E-state index in [-0.39, 0.29) is 6.61 Å². The summed E-state index contributed by atoms with van der Waals surface area (Å²) in [6.45, 7) is 2.12. The van der Waals surface area contributed by atoms with Gasteiger partial charge >= 0.3 is 0 Å². The van der Waals surface area contributed by atoms with Gasteiger partial charge in [-0.1, -0.05) is 12.1 Å². The lowest BCUT2D eigenvalue weighted by Gasteiger charge is -2.13. The lowest BCUT2D eigenvalue weighted by Crippen LogP contribution is -2.20. The van der Waals surface area contributed by atoms with Crippen molar-refractivity contribution in [3.05, 3.63) is 42.4 Å². The number of nitrogen functional groups attached to an aromatic ring is 1. The Morgan fingerprint density at radius 2 is 2.16 bits per heavy atom. The van der Waals surface area contributed by atoms with E-state index in [1.54, 1.807) is 30.2 Å². The van der Waals surface area contributed by atoms with Gasteiger partial charge in [-0.3, -0.25) is 0 Å². The van der Waals surface area contributed by atoms with E-state index < -0.39 is 6.10 Å². The first-order valence-corrected chi connectivity index (χ1v) is 6.97. The third kappa shape index (κ3) is 3.94. The van der Waals surface area contributed by atoms with Gasteiger partial charge in [-0.25, -0.2) is 0 Å².